The van der Waals surface area contributed by atoms with Crippen LogP contribution in [0.15, 0.2) is 42.5 Å². The van der Waals surface area contributed by atoms with Crippen molar-refractivity contribution in [2.75, 3.05) is 17.1 Å². The van der Waals surface area contributed by atoms with Crippen LogP contribution in [0, 0.1) is 17.0 Å². The smallest absolute Gasteiger partial charge is 0.271 e. The Bertz CT molecular complexity index is 1280. The monoisotopic (exact) mass is 564 g/mol. The van der Waals surface area contributed by atoms with Crippen LogP contribution in [0.25, 0.3) is 0 Å². The highest BCUT2D eigenvalue weighted by atomic mass is 35.5. The summed E-state index contributed by atoms with van der Waals surface area (Å²) in [5.74, 6) is -0.945. The van der Waals surface area contributed by atoms with Crippen molar-refractivity contribution in [1.29, 1.82) is 0 Å². The zero-order valence-corrected chi connectivity index (χ0v) is 23.3. The molecule has 0 aliphatic heterocycles. The molecule has 206 valence electrons. The molecule has 38 heavy (non-hydrogen) atoms. The fourth-order valence-corrected chi connectivity index (χ4v) is 5.54. The van der Waals surface area contributed by atoms with Gasteiger partial charge in [0.2, 0.25) is 21.8 Å². The van der Waals surface area contributed by atoms with E-state index in [2.05, 4.69) is 5.32 Å². The van der Waals surface area contributed by atoms with Gasteiger partial charge in [-0.1, -0.05) is 49.1 Å². The van der Waals surface area contributed by atoms with Crippen molar-refractivity contribution in [2.45, 2.75) is 64.6 Å². The number of non-ortho nitro benzene ring substituents is 1. The van der Waals surface area contributed by atoms with Crippen LogP contribution in [0.3, 0.4) is 0 Å². The lowest BCUT2D eigenvalue weighted by molar-refractivity contribution is -0.384. The summed E-state index contributed by atoms with van der Waals surface area (Å²) in [4.78, 5) is 38.9. The number of amides is 2. The number of carbonyl (C=O) groups excluding carboxylic acids is 2. The zero-order valence-electron chi connectivity index (χ0n) is 21.7. The molecule has 0 radical (unpaired) electrons. The van der Waals surface area contributed by atoms with Crippen molar-refractivity contribution < 1.29 is 22.9 Å². The van der Waals surface area contributed by atoms with E-state index in [9.17, 15) is 28.1 Å². The number of nitrogens with zero attached hydrogens (tertiary/aromatic N) is 3. The van der Waals surface area contributed by atoms with Crippen molar-refractivity contribution in [3.8, 4) is 0 Å². The molecule has 2 aromatic carbocycles. The molecule has 0 spiro atoms. The highest BCUT2D eigenvalue weighted by molar-refractivity contribution is 7.92. The van der Waals surface area contributed by atoms with Crippen LogP contribution in [0.5, 0.6) is 0 Å². The second kappa shape index (κ2) is 12.6. The molecule has 12 heteroatoms. The summed E-state index contributed by atoms with van der Waals surface area (Å²) < 4.78 is 26.4. The van der Waals surface area contributed by atoms with Gasteiger partial charge in [-0.25, -0.2) is 8.42 Å². The van der Waals surface area contributed by atoms with E-state index in [4.69, 9.17) is 11.6 Å². The molecule has 10 nitrogen and oxygen atoms in total. The number of anilines is 1. The number of carbonyl (C=O) groups is 2. The number of halogens is 1. The number of aryl methyl sites for hydroxylation is 1. The number of nitro benzene ring substituents is 1. The number of nitrogens with one attached hydrogen (secondary N) is 1. The summed E-state index contributed by atoms with van der Waals surface area (Å²) in [6, 6.07) is 9.77. The van der Waals surface area contributed by atoms with Crippen LogP contribution >= 0.6 is 11.6 Å². The van der Waals surface area contributed by atoms with Crippen LogP contribution in [0.1, 0.15) is 50.2 Å². The van der Waals surface area contributed by atoms with E-state index in [1.54, 1.807) is 38.1 Å². The molecule has 0 bridgehead atoms. The molecule has 0 unspecified atom stereocenters. The van der Waals surface area contributed by atoms with E-state index in [1.807, 2.05) is 0 Å². The molecular weight excluding hydrogens is 532 g/mol. The molecule has 1 aliphatic rings. The molecule has 0 aromatic heterocycles. The summed E-state index contributed by atoms with van der Waals surface area (Å²) in [5.41, 5.74) is 0.879. The Labute approximate surface area is 228 Å². The molecular formula is C26H33ClN4O6S. The van der Waals surface area contributed by atoms with E-state index in [1.165, 1.54) is 17.0 Å². The predicted molar refractivity (Wildman–Crippen MR) is 147 cm³/mol. The molecule has 1 aliphatic carbocycles. The Morgan fingerprint density at radius 3 is 2.34 bits per heavy atom. The van der Waals surface area contributed by atoms with Crippen LogP contribution in [0.2, 0.25) is 5.02 Å². The van der Waals surface area contributed by atoms with Gasteiger partial charge in [-0.2, -0.15) is 0 Å². The lowest BCUT2D eigenvalue weighted by Gasteiger charge is -2.33. The Morgan fingerprint density at radius 2 is 1.76 bits per heavy atom. The number of hydrogen-bond acceptors (Lipinski definition) is 6. The maximum atomic E-state index is 13.7. The van der Waals surface area contributed by atoms with Gasteiger partial charge in [-0.3, -0.25) is 24.0 Å². The second-order valence-corrected chi connectivity index (χ2v) is 12.0. The van der Waals surface area contributed by atoms with E-state index < -0.39 is 33.4 Å². The van der Waals surface area contributed by atoms with Gasteiger partial charge in [0, 0.05) is 29.7 Å². The normalized spacial score (nSPS) is 14.9. The Hall–Kier alpha value is -3.18. The Balaban J connectivity index is 1.92. The largest absolute Gasteiger partial charge is 0.352 e. The fraction of sp³-hybridized carbons (Fsp3) is 0.462. The number of benzene rings is 2. The van der Waals surface area contributed by atoms with Crippen LogP contribution in [-0.2, 0) is 26.2 Å². The summed E-state index contributed by atoms with van der Waals surface area (Å²) >= 11 is 6.00. The topological polar surface area (TPSA) is 130 Å². The van der Waals surface area contributed by atoms with Crippen LogP contribution < -0.4 is 9.62 Å². The lowest BCUT2D eigenvalue weighted by atomic mass is 9.95. The Morgan fingerprint density at radius 1 is 1.13 bits per heavy atom. The minimum atomic E-state index is -4.01. The van der Waals surface area contributed by atoms with Gasteiger partial charge in [0.25, 0.3) is 5.69 Å². The minimum absolute atomic E-state index is 0.0285. The SMILES string of the molecule is Cc1ccc([N+](=O)[O-])cc1N(CC(=O)N(Cc1ccc(Cl)cc1)[C@H](C)C(=O)NC1CCCCC1)S(C)(=O)=O. The van der Waals surface area contributed by atoms with Gasteiger partial charge in [0.05, 0.1) is 16.9 Å². The van der Waals surface area contributed by atoms with E-state index in [0.717, 1.165) is 48.7 Å². The van der Waals surface area contributed by atoms with E-state index >= 15 is 0 Å². The number of nitro groups is 1. The average Bonchev–Trinajstić information content (AvgIpc) is 2.86. The van der Waals surface area contributed by atoms with Gasteiger partial charge in [0.1, 0.15) is 12.6 Å². The van der Waals surface area contributed by atoms with Gasteiger partial charge < -0.3 is 10.2 Å². The lowest BCUT2D eigenvalue weighted by Crippen LogP contribution is -2.53. The Kier molecular flexibility index (Phi) is 9.72. The van der Waals surface area contributed by atoms with E-state index in [-0.39, 0.29) is 29.9 Å². The average molecular weight is 565 g/mol. The highest BCUT2D eigenvalue weighted by Crippen LogP contribution is 2.28. The molecule has 1 N–H and O–H groups in total. The summed E-state index contributed by atoms with van der Waals surface area (Å²) in [6.07, 6.45) is 5.86. The van der Waals surface area contributed by atoms with Crippen molar-refractivity contribution in [1.82, 2.24) is 10.2 Å². The maximum Gasteiger partial charge on any atom is 0.271 e. The maximum absolute atomic E-state index is 13.7. The fourth-order valence-electron chi connectivity index (χ4n) is 4.51. The molecule has 1 saturated carbocycles. The first-order valence-electron chi connectivity index (χ1n) is 12.4. The molecule has 0 saturated heterocycles. The van der Waals surface area contributed by atoms with Crippen LogP contribution in [-0.4, -0.2) is 54.9 Å². The molecule has 3 rings (SSSR count). The third kappa shape index (κ3) is 7.67. The van der Waals surface area contributed by atoms with Gasteiger partial charge in [-0.05, 0) is 49.9 Å². The predicted octanol–water partition coefficient (Wildman–Crippen LogP) is 4.19. The first-order chi connectivity index (χ1) is 17.9. The summed E-state index contributed by atoms with van der Waals surface area (Å²) in [6.45, 7) is 2.62. The van der Waals surface area contributed by atoms with E-state index in [0.29, 0.717) is 16.1 Å². The molecule has 2 aromatic rings. The quantitative estimate of drug-likeness (QED) is 0.340. The number of rotatable bonds is 10. The number of sulfonamides is 1. The number of hydrogen-bond donors (Lipinski definition) is 1. The minimum Gasteiger partial charge on any atom is -0.352 e. The van der Waals surface area contributed by atoms with Gasteiger partial charge in [0.15, 0.2) is 0 Å². The van der Waals surface area contributed by atoms with Crippen molar-refractivity contribution in [3.05, 3.63) is 68.7 Å². The van der Waals surface area contributed by atoms with Crippen molar-refractivity contribution in [3.63, 3.8) is 0 Å². The first-order valence-corrected chi connectivity index (χ1v) is 14.7. The van der Waals surface area contributed by atoms with Gasteiger partial charge >= 0.3 is 0 Å². The zero-order chi connectivity index (χ0) is 28.0. The standard InChI is InChI=1S/C26H33ClN4O6S/c1-18-9-14-23(31(34)35)15-24(18)30(38(3,36)37)17-25(32)29(16-20-10-12-21(27)13-11-20)19(2)26(33)28-22-7-5-4-6-8-22/h9-15,19,22H,4-8,16-17H2,1-3H3,(H,28,33)/t19-/m1/s1. The van der Waals surface area contributed by atoms with Crippen LogP contribution in [0.4, 0.5) is 11.4 Å². The highest BCUT2D eigenvalue weighted by Gasteiger charge is 2.32. The third-order valence-electron chi connectivity index (χ3n) is 6.74. The third-order valence-corrected chi connectivity index (χ3v) is 8.11. The summed E-state index contributed by atoms with van der Waals surface area (Å²) in [5, 5.41) is 14.9. The molecule has 2 amide bonds. The molecule has 1 fully saturated rings. The van der Waals surface area contributed by atoms with Crippen molar-refractivity contribution >= 4 is 44.8 Å². The summed E-state index contributed by atoms with van der Waals surface area (Å²) in [7, 11) is -4.01. The second-order valence-electron chi connectivity index (χ2n) is 9.67. The molecule has 0 heterocycles. The first kappa shape index (κ1) is 29.4. The van der Waals surface area contributed by atoms with Crippen molar-refractivity contribution in [2.24, 2.45) is 0 Å². The van der Waals surface area contributed by atoms with Gasteiger partial charge in [-0.15, -0.1) is 0 Å². The molecule has 1 atom stereocenters.